The van der Waals surface area contributed by atoms with Crippen LogP contribution in [0, 0.1) is 11.3 Å². The van der Waals surface area contributed by atoms with E-state index in [9.17, 15) is 0 Å². The van der Waals surface area contributed by atoms with Crippen LogP contribution in [0.15, 0.2) is 24.3 Å². The molecule has 0 bridgehead atoms. The second kappa shape index (κ2) is 6.36. The molecule has 3 atom stereocenters. The third kappa shape index (κ3) is 3.26. The van der Waals surface area contributed by atoms with Crippen LogP contribution >= 0.6 is 11.6 Å². The van der Waals surface area contributed by atoms with Crippen molar-refractivity contribution < 1.29 is 4.74 Å². The molecule has 3 unspecified atom stereocenters. The number of hydrogen-bond donors (Lipinski definition) is 1. The lowest BCUT2D eigenvalue weighted by molar-refractivity contribution is -0.0210. The highest BCUT2D eigenvalue weighted by molar-refractivity contribution is 6.31. The van der Waals surface area contributed by atoms with Crippen LogP contribution in [0.3, 0.4) is 0 Å². The summed E-state index contributed by atoms with van der Waals surface area (Å²) in [5, 5.41) is 9.71. The number of morpholine rings is 1. The molecule has 1 aliphatic rings. The molecule has 0 saturated carbocycles. The molecule has 1 aliphatic heterocycles. The van der Waals surface area contributed by atoms with Crippen molar-refractivity contribution in [3.05, 3.63) is 34.9 Å². The minimum Gasteiger partial charge on any atom is -0.361 e. The second-order valence-corrected chi connectivity index (χ2v) is 5.22. The van der Waals surface area contributed by atoms with E-state index in [0.29, 0.717) is 18.2 Å². The molecule has 0 amide bonds. The van der Waals surface area contributed by atoms with Crippen molar-refractivity contribution in [2.24, 2.45) is 5.73 Å². The molecular formula is C14H18ClN3O. The maximum Gasteiger partial charge on any atom is 0.156 e. The minimum absolute atomic E-state index is 0.00782. The van der Waals surface area contributed by atoms with E-state index in [1.807, 2.05) is 31.2 Å². The van der Waals surface area contributed by atoms with Crippen molar-refractivity contribution in [1.29, 1.82) is 5.26 Å². The third-order valence-electron chi connectivity index (χ3n) is 3.36. The molecule has 1 saturated heterocycles. The molecule has 102 valence electrons. The first-order valence-electron chi connectivity index (χ1n) is 6.38. The van der Waals surface area contributed by atoms with Gasteiger partial charge in [0.1, 0.15) is 0 Å². The van der Waals surface area contributed by atoms with Gasteiger partial charge in [0.25, 0.3) is 0 Å². The van der Waals surface area contributed by atoms with E-state index in [1.165, 1.54) is 0 Å². The number of rotatable bonds is 3. The zero-order chi connectivity index (χ0) is 13.8. The van der Waals surface area contributed by atoms with Crippen molar-refractivity contribution in [3.8, 4) is 6.07 Å². The van der Waals surface area contributed by atoms with Crippen LogP contribution in [-0.4, -0.2) is 36.7 Å². The Morgan fingerprint density at radius 1 is 1.53 bits per heavy atom. The van der Waals surface area contributed by atoms with Gasteiger partial charge < -0.3 is 10.5 Å². The normalized spacial score (nSPS) is 23.6. The number of nitrogens with zero attached hydrogens (tertiary/aromatic N) is 2. The highest BCUT2D eigenvalue weighted by atomic mass is 35.5. The van der Waals surface area contributed by atoms with Crippen molar-refractivity contribution in [2.45, 2.75) is 25.1 Å². The van der Waals surface area contributed by atoms with Gasteiger partial charge in [-0.1, -0.05) is 29.8 Å². The quantitative estimate of drug-likeness (QED) is 0.919. The van der Waals surface area contributed by atoms with Gasteiger partial charge >= 0.3 is 0 Å². The van der Waals surface area contributed by atoms with Crippen LogP contribution in [-0.2, 0) is 4.74 Å². The van der Waals surface area contributed by atoms with Gasteiger partial charge in [0.2, 0.25) is 0 Å². The Bertz CT molecular complexity index is 472. The summed E-state index contributed by atoms with van der Waals surface area (Å²) in [6, 6.07) is 9.82. The summed E-state index contributed by atoms with van der Waals surface area (Å²) in [5.74, 6) is 0. The van der Waals surface area contributed by atoms with Crippen LogP contribution in [0.5, 0.6) is 0 Å². The lowest BCUT2D eigenvalue weighted by Gasteiger charge is -2.38. The van der Waals surface area contributed by atoms with Gasteiger partial charge in [-0.2, -0.15) is 5.26 Å². The van der Waals surface area contributed by atoms with E-state index in [0.717, 1.165) is 12.1 Å². The van der Waals surface area contributed by atoms with Gasteiger partial charge in [0.15, 0.2) is 6.10 Å². The Morgan fingerprint density at radius 2 is 2.26 bits per heavy atom. The highest BCUT2D eigenvalue weighted by Crippen LogP contribution is 2.30. The fourth-order valence-electron chi connectivity index (χ4n) is 2.53. The number of ether oxygens (including phenoxy) is 1. The third-order valence-corrected chi connectivity index (χ3v) is 3.70. The molecule has 1 fully saturated rings. The van der Waals surface area contributed by atoms with E-state index in [2.05, 4.69) is 11.0 Å². The van der Waals surface area contributed by atoms with E-state index in [-0.39, 0.29) is 12.1 Å². The average molecular weight is 280 g/mol. The molecule has 19 heavy (non-hydrogen) atoms. The summed E-state index contributed by atoms with van der Waals surface area (Å²) in [7, 11) is 0. The molecule has 0 aliphatic carbocycles. The van der Waals surface area contributed by atoms with E-state index in [4.69, 9.17) is 27.3 Å². The minimum atomic E-state index is -0.391. The first kappa shape index (κ1) is 14.3. The molecule has 1 aromatic carbocycles. The first-order valence-corrected chi connectivity index (χ1v) is 6.76. The predicted molar refractivity (Wildman–Crippen MR) is 74.8 cm³/mol. The second-order valence-electron chi connectivity index (χ2n) is 4.81. The Balaban J connectivity index is 2.26. The van der Waals surface area contributed by atoms with Gasteiger partial charge in [-0.15, -0.1) is 0 Å². The van der Waals surface area contributed by atoms with E-state index in [1.54, 1.807) is 0 Å². The van der Waals surface area contributed by atoms with Crippen molar-refractivity contribution in [3.63, 3.8) is 0 Å². The van der Waals surface area contributed by atoms with Gasteiger partial charge in [-0.3, -0.25) is 4.90 Å². The number of benzene rings is 1. The Labute approximate surface area is 118 Å². The molecule has 2 N–H and O–H groups in total. The molecule has 1 heterocycles. The summed E-state index contributed by atoms with van der Waals surface area (Å²) in [6.07, 6.45) is -0.391. The van der Waals surface area contributed by atoms with Crippen LogP contribution < -0.4 is 5.73 Å². The summed E-state index contributed by atoms with van der Waals surface area (Å²) in [4.78, 5) is 2.18. The SMILES string of the molecule is CC(N)C(c1ccccc1Cl)N1CCOC(C#N)C1. The van der Waals surface area contributed by atoms with Crippen molar-refractivity contribution in [1.82, 2.24) is 4.90 Å². The molecule has 0 aromatic heterocycles. The van der Waals surface area contributed by atoms with Crippen LogP contribution in [0.25, 0.3) is 0 Å². The molecule has 4 nitrogen and oxygen atoms in total. The van der Waals surface area contributed by atoms with Crippen LogP contribution in [0.2, 0.25) is 5.02 Å². The largest absolute Gasteiger partial charge is 0.361 e. The van der Waals surface area contributed by atoms with Gasteiger partial charge in [-0.05, 0) is 18.6 Å². The van der Waals surface area contributed by atoms with Gasteiger partial charge in [-0.25, -0.2) is 0 Å². The number of nitrogens with two attached hydrogens (primary N) is 1. The maximum atomic E-state index is 9.00. The number of hydrogen-bond acceptors (Lipinski definition) is 4. The Kier molecular flexibility index (Phi) is 4.78. The molecule has 0 radical (unpaired) electrons. The number of halogens is 1. The monoisotopic (exact) mass is 279 g/mol. The highest BCUT2D eigenvalue weighted by Gasteiger charge is 2.30. The lowest BCUT2D eigenvalue weighted by atomic mass is 9.98. The van der Waals surface area contributed by atoms with Gasteiger partial charge in [0.05, 0.1) is 18.7 Å². The van der Waals surface area contributed by atoms with E-state index >= 15 is 0 Å². The molecule has 0 spiro atoms. The standard InChI is InChI=1S/C14H18ClN3O/c1-10(17)14(12-4-2-3-5-13(12)15)18-6-7-19-11(8-16)9-18/h2-5,10-11,14H,6-7,9,17H2,1H3. The summed E-state index contributed by atoms with van der Waals surface area (Å²) in [5.41, 5.74) is 7.14. The van der Waals surface area contributed by atoms with Crippen molar-refractivity contribution in [2.75, 3.05) is 19.7 Å². The van der Waals surface area contributed by atoms with Crippen molar-refractivity contribution >= 4 is 11.6 Å². The van der Waals surface area contributed by atoms with Crippen LogP contribution in [0.4, 0.5) is 0 Å². The zero-order valence-corrected chi connectivity index (χ0v) is 11.7. The average Bonchev–Trinajstić information content (AvgIpc) is 2.41. The zero-order valence-electron chi connectivity index (χ0n) is 10.9. The molecule has 5 heteroatoms. The first-order chi connectivity index (χ1) is 9.13. The topological polar surface area (TPSA) is 62.3 Å². The summed E-state index contributed by atoms with van der Waals surface area (Å²) < 4.78 is 5.38. The molecular weight excluding hydrogens is 262 g/mol. The molecule has 1 aromatic rings. The smallest absolute Gasteiger partial charge is 0.156 e. The number of nitriles is 1. The fourth-order valence-corrected chi connectivity index (χ4v) is 2.77. The lowest BCUT2D eigenvalue weighted by Crippen LogP contribution is -2.48. The fraction of sp³-hybridized carbons (Fsp3) is 0.500. The predicted octanol–water partition coefficient (Wildman–Crippen LogP) is 1.95. The Hall–Kier alpha value is -1.12. The summed E-state index contributed by atoms with van der Waals surface area (Å²) in [6.45, 7) is 3.83. The van der Waals surface area contributed by atoms with Gasteiger partial charge in [0, 0.05) is 24.2 Å². The summed E-state index contributed by atoms with van der Waals surface area (Å²) >= 11 is 6.27. The molecule has 2 rings (SSSR count). The van der Waals surface area contributed by atoms with Crippen LogP contribution in [0.1, 0.15) is 18.5 Å². The van der Waals surface area contributed by atoms with E-state index < -0.39 is 6.10 Å². The maximum absolute atomic E-state index is 9.00. The Morgan fingerprint density at radius 3 is 2.89 bits per heavy atom.